The molecule has 0 bridgehead atoms. The highest BCUT2D eigenvalue weighted by Gasteiger charge is 2.15. The maximum absolute atomic E-state index is 10.5. The van der Waals surface area contributed by atoms with Gasteiger partial charge in [-0.05, 0) is 45.5 Å². The van der Waals surface area contributed by atoms with Crippen LogP contribution in [0.5, 0.6) is 0 Å². The molecular weight excluding hydrogens is 254 g/mol. The van der Waals surface area contributed by atoms with Crippen LogP contribution in [0, 0.1) is 0 Å². The average molecular weight is 275 g/mol. The number of benzene rings is 1. The van der Waals surface area contributed by atoms with Crippen LogP contribution in [0.1, 0.15) is 38.0 Å². The Hall–Kier alpha value is -1.81. The minimum atomic E-state index is -0.724. The summed E-state index contributed by atoms with van der Waals surface area (Å²) in [6.07, 6.45) is 1.84. The van der Waals surface area contributed by atoms with Crippen molar-refractivity contribution in [1.29, 1.82) is 0 Å². The summed E-state index contributed by atoms with van der Waals surface area (Å²) >= 11 is 0. The number of fused-ring (bicyclic) bond motifs is 1. The van der Waals surface area contributed by atoms with E-state index < -0.39 is 5.97 Å². The van der Waals surface area contributed by atoms with Crippen LogP contribution in [0.25, 0.3) is 11.0 Å². The molecule has 2 rings (SSSR count). The van der Waals surface area contributed by atoms with E-state index in [-0.39, 0.29) is 12.5 Å². The lowest BCUT2D eigenvalue weighted by Gasteiger charge is -2.22. The number of unbranched alkanes of at least 4 members (excludes halogenated alkanes) is 1. The molecule has 0 aliphatic heterocycles. The van der Waals surface area contributed by atoms with Crippen molar-refractivity contribution in [1.82, 2.24) is 4.90 Å². The maximum atomic E-state index is 10.5. The number of nitrogens with zero attached hydrogens (tertiary/aromatic N) is 1. The van der Waals surface area contributed by atoms with Gasteiger partial charge in [0.05, 0.1) is 6.04 Å². The van der Waals surface area contributed by atoms with E-state index in [1.165, 1.54) is 0 Å². The molecule has 108 valence electrons. The SMILES string of the molecule is CC(c1cc2ccccc2o1)N(C)CCCCC(=O)O. The highest BCUT2D eigenvalue weighted by molar-refractivity contribution is 5.77. The maximum Gasteiger partial charge on any atom is 0.303 e. The normalized spacial score (nSPS) is 12.9. The summed E-state index contributed by atoms with van der Waals surface area (Å²) < 4.78 is 5.86. The van der Waals surface area contributed by atoms with Gasteiger partial charge in [0.25, 0.3) is 0 Å². The smallest absolute Gasteiger partial charge is 0.303 e. The average Bonchev–Trinajstić information content (AvgIpc) is 2.86. The van der Waals surface area contributed by atoms with Crippen molar-refractivity contribution in [3.63, 3.8) is 0 Å². The minimum Gasteiger partial charge on any atom is -0.481 e. The predicted molar refractivity (Wildman–Crippen MR) is 78.7 cm³/mol. The molecule has 4 heteroatoms. The fraction of sp³-hybridized carbons (Fsp3) is 0.438. The molecule has 0 aliphatic rings. The number of carbonyl (C=O) groups is 1. The number of para-hydroxylation sites is 1. The molecular formula is C16H21NO3. The van der Waals surface area contributed by atoms with Crippen molar-refractivity contribution in [3.8, 4) is 0 Å². The summed E-state index contributed by atoms with van der Waals surface area (Å²) in [6.45, 7) is 2.97. The van der Waals surface area contributed by atoms with E-state index in [4.69, 9.17) is 9.52 Å². The molecule has 0 fully saturated rings. The van der Waals surface area contributed by atoms with E-state index in [0.29, 0.717) is 6.42 Å². The molecule has 1 unspecified atom stereocenters. The predicted octanol–water partition coefficient (Wildman–Crippen LogP) is 3.68. The zero-order valence-electron chi connectivity index (χ0n) is 12.0. The molecule has 1 N–H and O–H groups in total. The summed E-state index contributed by atoms with van der Waals surface area (Å²) in [5.74, 6) is 0.227. The van der Waals surface area contributed by atoms with Gasteiger partial charge in [-0.1, -0.05) is 18.2 Å². The number of rotatable bonds is 7. The number of carboxylic acids is 1. The first-order valence-corrected chi connectivity index (χ1v) is 6.98. The van der Waals surface area contributed by atoms with Crippen LogP contribution in [0.3, 0.4) is 0 Å². The fourth-order valence-electron chi connectivity index (χ4n) is 2.26. The van der Waals surface area contributed by atoms with E-state index in [2.05, 4.69) is 17.9 Å². The molecule has 1 aromatic heterocycles. The highest BCUT2D eigenvalue weighted by atomic mass is 16.4. The Morgan fingerprint density at radius 3 is 2.80 bits per heavy atom. The van der Waals surface area contributed by atoms with Crippen LogP contribution in [-0.2, 0) is 4.79 Å². The Labute approximate surface area is 119 Å². The quantitative estimate of drug-likeness (QED) is 0.783. The van der Waals surface area contributed by atoms with Gasteiger partial charge in [-0.25, -0.2) is 0 Å². The Kier molecular flexibility index (Phi) is 4.79. The first kappa shape index (κ1) is 14.6. The molecule has 0 aliphatic carbocycles. The zero-order chi connectivity index (χ0) is 14.5. The highest BCUT2D eigenvalue weighted by Crippen LogP contribution is 2.26. The number of hydrogen-bond donors (Lipinski definition) is 1. The second-order valence-electron chi connectivity index (χ2n) is 5.19. The first-order valence-electron chi connectivity index (χ1n) is 6.98. The van der Waals surface area contributed by atoms with E-state index in [9.17, 15) is 4.79 Å². The Morgan fingerprint density at radius 2 is 2.10 bits per heavy atom. The van der Waals surface area contributed by atoms with Crippen molar-refractivity contribution in [3.05, 3.63) is 36.1 Å². The van der Waals surface area contributed by atoms with Crippen molar-refractivity contribution in [2.45, 2.75) is 32.2 Å². The van der Waals surface area contributed by atoms with Crippen molar-refractivity contribution >= 4 is 16.9 Å². The Bertz CT molecular complexity index is 543. The lowest BCUT2D eigenvalue weighted by molar-refractivity contribution is -0.137. The fourth-order valence-corrected chi connectivity index (χ4v) is 2.26. The van der Waals surface area contributed by atoms with Gasteiger partial charge in [0.1, 0.15) is 11.3 Å². The summed E-state index contributed by atoms with van der Waals surface area (Å²) in [6, 6.07) is 10.2. The van der Waals surface area contributed by atoms with E-state index in [1.807, 2.05) is 31.3 Å². The van der Waals surface area contributed by atoms with Gasteiger partial charge >= 0.3 is 5.97 Å². The molecule has 1 atom stereocenters. The van der Waals surface area contributed by atoms with Gasteiger partial charge in [-0.2, -0.15) is 0 Å². The molecule has 0 saturated carbocycles. The molecule has 1 aromatic carbocycles. The van der Waals surface area contributed by atoms with Crippen molar-refractivity contribution in [2.75, 3.05) is 13.6 Å². The van der Waals surface area contributed by atoms with Gasteiger partial charge in [-0.15, -0.1) is 0 Å². The third-order valence-electron chi connectivity index (χ3n) is 3.67. The Balaban J connectivity index is 1.92. The van der Waals surface area contributed by atoms with Crippen molar-refractivity contribution in [2.24, 2.45) is 0 Å². The van der Waals surface area contributed by atoms with Gasteiger partial charge in [0, 0.05) is 11.8 Å². The number of carboxylic acid groups (broad SMARTS) is 1. The molecule has 4 nitrogen and oxygen atoms in total. The van der Waals surface area contributed by atoms with Crippen LogP contribution in [0.15, 0.2) is 34.7 Å². The zero-order valence-corrected chi connectivity index (χ0v) is 12.0. The molecule has 20 heavy (non-hydrogen) atoms. The van der Waals surface area contributed by atoms with Gasteiger partial charge in [-0.3, -0.25) is 9.69 Å². The summed E-state index contributed by atoms with van der Waals surface area (Å²) in [5.41, 5.74) is 0.911. The third-order valence-corrected chi connectivity index (χ3v) is 3.67. The molecule has 0 spiro atoms. The van der Waals surface area contributed by atoms with Crippen LogP contribution >= 0.6 is 0 Å². The van der Waals surface area contributed by atoms with Crippen LogP contribution in [0.4, 0.5) is 0 Å². The first-order chi connectivity index (χ1) is 9.58. The Morgan fingerprint density at radius 1 is 1.35 bits per heavy atom. The number of hydrogen-bond acceptors (Lipinski definition) is 3. The summed E-state index contributed by atoms with van der Waals surface area (Å²) in [5, 5.41) is 9.74. The number of aliphatic carboxylic acids is 1. The summed E-state index contributed by atoms with van der Waals surface area (Å²) in [7, 11) is 2.04. The van der Waals surface area contributed by atoms with Crippen LogP contribution in [-0.4, -0.2) is 29.6 Å². The van der Waals surface area contributed by atoms with E-state index in [1.54, 1.807) is 0 Å². The summed E-state index contributed by atoms with van der Waals surface area (Å²) in [4.78, 5) is 12.7. The van der Waals surface area contributed by atoms with Gasteiger partial charge in [0.15, 0.2) is 0 Å². The monoisotopic (exact) mass is 275 g/mol. The lowest BCUT2D eigenvalue weighted by Crippen LogP contribution is -2.23. The molecule has 0 amide bonds. The van der Waals surface area contributed by atoms with Gasteiger partial charge in [0.2, 0.25) is 0 Å². The standard InChI is InChI=1S/C16H21NO3/c1-12(17(2)10-6-5-9-16(18)19)15-11-13-7-3-4-8-14(13)20-15/h3-4,7-8,11-12H,5-6,9-10H2,1-2H3,(H,18,19). The molecule has 2 aromatic rings. The second-order valence-corrected chi connectivity index (χ2v) is 5.19. The van der Waals surface area contributed by atoms with Gasteiger partial charge < -0.3 is 9.52 Å². The van der Waals surface area contributed by atoms with E-state index >= 15 is 0 Å². The second kappa shape index (κ2) is 6.57. The van der Waals surface area contributed by atoms with E-state index in [0.717, 1.165) is 29.7 Å². The lowest BCUT2D eigenvalue weighted by atomic mass is 10.1. The third kappa shape index (κ3) is 3.61. The topological polar surface area (TPSA) is 53.7 Å². The van der Waals surface area contributed by atoms with Crippen molar-refractivity contribution < 1.29 is 14.3 Å². The molecule has 0 saturated heterocycles. The minimum absolute atomic E-state index is 0.187. The largest absolute Gasteiger partial charge is 0.481 e. The van der Waals surface area contributed by atoms with Crippen LogP contribution < -0.4 is 0 Å². The number of furan rings is 1. The molecule has 0 radical (unpaired) electrons. The molecule has 1 heterocycles. The van der Waals surface area contributed by atoms with Crippen LogP contribution in [0.2, 0.25) is 0 Å².